The molecule has 0 atom stereocenters. The molecule has 3 rings (SSSR count). The van der Waals surface area contributed by atoms with Crippen molar-refractivity contribution in [3.05, 3.63) is 24.5 Å². The number of nitrogens with two attached hydrogens (primary N) is 1. The van der Waals surface area contributed by atoms with E-state index in [0.29, 0.717) is 17.1 Å². The molecule has 3 heterocycles. The predicted octanol–water partition coefficient (Wildman–Crippen LogP) is 1.33. The largest absolute Gasteiger partial charge is 0.461 e. The second-order valence-electron chi connectivity index (χ2n) is 3.14. The van der Waals surface area contributed by atoms with E-state index in [9.17, 15) is 4.39 Å². The first-order valence-corrected chi connectivity index (χ1v) is 4.46. The molecule has 0 aromatic carbocycles. The molecule has 3 N–H and O–H groups in total. The zero-order valence-corrected chi connectivity index (χ0v) is 7.94. The van der Waals surface area contributed by atoms with Gasteiger partial charge in [0, 0.05) is 0 Å². The van der Waals surface area contributed by atoms with Crippen LogP contribution in [0.5, 0.6) is 0 Å². The standard InChI is InChI=1S/C9H6FN5O/c10-9-13-6(11)5-8(15-9)14-7(12-5)4-2-1-3-16-4/h1-3H,(H3,11,12,13,14,15). The van der Waals surface area contributed by atoms with Crippen LogP contribution >= 0.6 is 0 Å². The summed E-state index contributed by atoms with van der Waals surface area (Å²) in [5.41, 5.74) is 6.10. The molecule has 7 heteroatoms. The molecule has 80 valence electrons. The first-order valence-electron chi connectivity index (χ1n) is 4.46. The van der Waals surface area contributed by atoms with Crippen molar-refractivity contribution < 1.29 is 8.81 Å². The van der Waals surface area contributed by atoms with Crippen LogP contribution in [-0.2, 0) is 0 Å². The van der Waals surface area contributed by atoms with Crippen LogP contribution in [0.25, 0.3) is 22.7 Å². The van der Waals surface area contributed by atoms with Crippen molar-refractivity contribution in [2.24, 2.45) is 0 Å². The molecule has 0 aliphatic carbocycles. The van der Waals surface area contributed by atoms with Gasteiger partial charge in [-0.15, -0.1) is 0 Å². The molecule has 0 spiro atoms. The van der Waals surface area contributed by atoms with Crippen LogP contribution in [0.3, 0.4) is 0 Å². The maximum Gasteiger partial charge on any atom is 0.312 e. The van der Waals surface area contributed by atoms with Crippen molar-refractivity contribution in [1.82, 2.24) is 19.9 Å². The van der Waals surface area contributed by atoms with Gasteiger partial charge in [-0.25, -0.2) is 4.98 Å². The number of nitrogen functional groups attached to an aromatic ring is 1. The Morgan fingerprint density at radius 3 is 2.94 bits per heavy atom. The van der Waals surface area contributed by atoms with E-state index in [4.69, 9.17) is 10.2 Å². The highest BCUT2D eigenvalue weighted by atomic mass is 19.1. The number of H-pyrrole nitrogens is 1. The Labute approximate surface area is 88.3 Å². The molecule has 16 heavy (non-hydrogen) atoms. The lowest BCUT2D eigenvalue weighted by molar-refractivity contribution is 0.545. The third-order valence-electron chi connectivity index (χ3n) is 2.11. The number of rotatable bonds is 1. The fourth-order valence-corrected chi connectivity index (χ4v) is 1.42. The Balaban J connectivity index is 2.27. The lowest BCUT2D eigenvalue weighted by Gasteiger charge is -1.92. The minimum Gasteiger partial charge on any atom is -0.461 e. The lowest BCUT2D eigenvalue weighted by Crippen LogP contribution is -1.97. The number of nitrogens with one attached hydrogen (secondary N) is 1. The quantitative estimate of drug-likeness (QED) is 0.602. The highest BCUT2D eigenvalue weighted by molar-refractivity contribution is 5.83. The summed E-state index contributed by atoms with van der Waals surface area (Å²) in [6, 6.07) is 3.44. The number of aromatic nitrogens is 4. The zero-order chi connectivity index (χ0) is 11.1. The van der Waals surface area contributed by atoms with E-state index >= 15 is 0 Å². The highest BCUT2D eigenvalue weighted by Crippen LogP contribution is 2.21. The average Bonchev–Trinajstić information content (AvgIpc) is 2.82. The maximum atomic E-state index is 12.9. The van der Waals surface area contributed by atoms with Crippen molar-refractivity contribution >= 4 is 17.0 Å². The molecular weight excluding hydrogens is 213 g/mol. The first kappa shape index (κ1) is 8.84. The monoisotopic (exact) mass is 219 g/mol. The van der Waals surface area contributed by atoms with Crippen LogP contribution < -0.4 is 5.73 Å². The molecule has 0 bridgehead atoms. The van der Waals surface area contributed by atoms with E-state index in [1.54, 1.807) is 12.1 Å². The van der Waals surface area contributed by atoms with E-state index in [2.05, 4.69) is 19.9 Å². The maximum absolute atomic E-state index is 12.9. The summed E-state index contributed by atoms with van der Waals surface area (Å²) in [7, 11) is 0. The number of halogens is 1. The smallest absolute Gasteiger partial charge is 0.312 e. The topological polar surface area (TPSA) is 93.6 Å². The average molecular weight is 219 g/mol. The molecule has 0 fully saturated rings. The van der Waals surface area contributed by atoms with Crippen LogP contribution in [0.15, 0.2) is 22.8 Å². The number of fused-ring (bicyclic) bond motifs is 1. The van der Waals surface area contributed by atoms with Crippen LogP contribution in [0.2, 0.25) is 0 Å². The predicted molar refractivity (Wildman–Crippen MR) is 53.8 cm³/mol. The van der Waals surface area contributed by atoms with Gasteiger partial charge in [0.15, 0.2) is 23.0 Å². The summed E-state index contributed by atoms with van der Waals surface area (Å²) < 4.78 is 18.0. The van der Waals surface area contributed by atoms with Gasteiger partial charge in [0.25, 0.3) is 0 Å². The molecule has 0 saturated carbocycles. The van der Waals surface area contributed by atoms with E-state index in [1.165, 1.54) is 6.26 Å². The SMILES string of the molecule is Nc1nc(F)nc2nc(-c3ccco3)[nH]c12. The Morgan fingerprint density at radius 1 is 1.31 bits per heavy atom. The van der Waals surface area contributed by atoms with Crippen LogP contribution in [0.1, 0.15) is 0 Å². The first-order chi connectivity index (χ1) is 7.74. The normalized spacial score (nSPS) is 11.1. The number of imidazole rings is 1. The summed E-state index contributed by atoms with van der Waals surface area (Å²) in [5.74, 6) is 0.984. The van der Waals surface area contributed by atoms with Gasteiger partial charge < -0.3 is 15.1 Å². The van der Waals surface area contributed by atoms with E-state index in [-0.39, 0.29) is 11.5 Å². The summed E-state index contributed by atoms with van der Waals surface area (Å²) in [6.07, 6.45) is 0.612. The van der Waals surface area contributed by atoms with Gasteiger partial charge in [-0.1, -0.05) is 0 Å². The van der Waals surface area contributed by atoms with Crippen molar-refractivity contribution in [2.75, 3.05) is 5.73 Å². The number of hydrogen-bond acceptors (Lipinski definition) is 5. The van der Waals surface area contributed by atoms with Gasteiger partial charge in [-0.05, 0) is 12.1 Å². The summed E-state index contributed by atoms with van der Waals surface area (Å²) in [6.45, 7) is 0. The fourth-order valence-electron chi connectivity index (χ4n) is 1.42. The van der Waals surface area contributed by atoms with Crippen LogP contribution in [0, 0.1) is 6.08 Å². The molecule has 3 aromatic rings. The number of furan rings is 1. The number of hydrogen-bond donors (Lipinski definition) is 2. The van der Waals surface area contributed by atoms with E-state index < -0.39 is 6.08 Å². The van der Waals surface area contributed by atoms with Crippen molar-refractivity contribution in [3.63, 3.8) is 0 Å². The molecule has 0 aliphatic rings. The van der Waals surface area contributed by atoms with Crippen molar-refractivity contribution in [2.45, 2.75) is 0 Å². The minimum atomic E-state index is -0.900. The van der Waals surface area contributed by atoms with Gasteiger partial charge in [-0.3, -0.25) is 0 Å². The van der Waals surface area contributed by atoms with Crippen LogP contribution in [-0.4, -0.2) is 19.9 Å². The molecule has 3 aromatic heterocycles. The highest BCUT2D eigenvalue weighted by Gasteiger charge is 2.12. The second kappa shape index (κ2) is 3.02. The van der Waals surface area contributed by atoms with Gasteiger partial charge >= 0.3 is 6.08 Å². The molecule has 0 unspecified atom stereocenters. The number of nitrogens with zero attached hydrogens (tertiary/aromatic N) is 3. The third kappa shape index (κ3) is 1.22. The van der Waals surface area contributed by atoms with Gasteiger partial charge in [0.2, 0.25) is 0 Å². The van der Waals surface area contributed by atoms with Crippen LogP contribution in [0.4, 0.5) is 10.2 Å². The molecule has 6 nitrogen and oxygen atoms in total. The molecule has 0 aliphatic heterocycles. The third-order valence-corrected chi connectivity index (χ3v) is 2.11. The summed E-state index contributed by atoms with van der Waals surface area (Å²) >= 11 is 0. The zero-order valence-electron chi connectivity index (χ0n) is 7.94. The van der Waals surface area contributed by atoms with E-state index in [1.807, 2.05) is 0 Å². The fraction of sp³-hybridized carbons (Fsp3) is 0. The van der Waals surface area contributed by atoms with Crippen molar-refractivity contribution in [1.29, 1.82) is 0 Å². The van der Waals surface area contributed by atoms with Gasteiger partial charge in [-0.2, -0.15) is 14.4 Å². The van der Waals surface area contributed by atoms with Gasteiger partial charge in [0.1, 0.15) is 5.52 Å². The Bertz CT molecular complexity index is 645. The number of aromatic amines is 1. The second-order valence-corrected chi connectivity index (χ2v) is 3.14. The van der Waals surface area contributed by atoms with Gasteiger partial charge in [0.05, 0.1) is 6.26 Å². The molecule has 0 amide bonds. The van der Waals surface area contributed by atoms with Crippen molar-refractivity contribution in [3.8, 4) is 11.6 Å². The molecular formula is C9H6FN5O. The Hall–Kier alpha value is -2.44. The number of anilines is 1. The summed E-state index contributed by atoms with van der Waals surface area (Å²) in [5, 5.41) is 0. The Kier molecular flexibility index (Phi) is 1.67. The summed E-state index contributed by atoms with van der Waals surface area (Å²) in [4.78, 5) is 13.8. The molecule has 0 radical (unpaired) electrons. The van der Waals surface area contributed by atoms with E-state index in [0.717, 1.165) is 0 Å². The lowest BCUT2D eigenvalue weighted by atomic mass is 10.4. The minimum absolute atomic E-state index is 0.0211. The molecule has 0 saturated heterocycles. The Morgan fingerprint density at radius 2 is 2.19 bits per heavy atom.